The minimum atomic E-state index is -3.76. The smallest absolute Gasteiger partial charge is 0.243 e. The summed E-state index contributed by atoms with van der Waals surface area (Å²) in [4.78, 5) is 29.7. The third kappa shape index (κ3) is 10.00. The fourth-order valence-electron chi connectivity index (χ4n) is 5.61. The van der Waals surface area contributed by atoms with Crippen molar-refractivity contribution in [2.75, 3.05) is 17.1 Å². The van der Waals surface area contributed by atoms with Crippen LogP contribution < -0.4 is 9.62 Å². The summed E-state index contributed by atoms with van der Waals surface area (Å²) < 4.78 is 26.7. The van der Waals surface area contributed by atoms with Gasteiger partial charge < -0.3 is 10.2 Å². The molecule has 0 radical (unpaired) electrons. The summed E-state index contributed by atoms with van der Waals surface area (Å²) in [6.07, 6.45) is 6.46. The molecule has 0 heterocycles. The number of nitrogens with zero attached hydrogens (tertiary/aromatic N) is 2. The maximum atomic E-state index is 14.1. The van der Waals surface area contributed by atoms with Crippen molar-refractivity contribution in [1.82, 2.24) is 10.2 Å². The first-order valence-corrected chi connectivity index (χ1v) is 18.3. The van der Waals surface area contributed by atoms with Crippen LogP contribution in [0.2, 0.25) is 20.1 Å². The van der Waals surface area contributed by atoms with E-state index in [0.717, 1.165) is 48.2 Å². The Kier molecular flexibility index (Phi) is 12.9. The average molecular weight is 714 g/mol. The number of sulfonamides is 1. The van der Waals surface area contributed by atoms with Crippen molar-refractivity contribution >= 4 is 73.9 Å². The largest absolute Gasteiger partial charge is 0.352 e. The van der Waals surface area contributed by atoms with E-state index >= 15 is 0 Å². The lowest BCUT2D eigenvalue weighted by atomic mass is 9.94. The summed E-state index contributed by atoms with van der Waals surface area (Å²) in [5.41, 5.74) is 1.65. The molecule has 1 fully saturated rings. The Morgan fingerprint density at radius 1 is 0.889 bits per heavy atom. The highest BCUT2D eigenvalue weighted by molar-refractivity contribution is 7.92. The molecule has 1 aliphatic rings. The number of nitrogens with one attached hydrogen (secondary N) is 1. The van der Waals surface area contributed by atoms with Crippen molar-refractivity contribution in [3.8, 4) is 0 Å². The number of hydrogen-bond donors (Lipinski definition) is 1. The molecule has 1 N–H and O–H groups in total. The Labute approximate surface area is 285 Å². The molecule has 12 heteroatoms. The van der Waals surface area contributed by atoms with Crippen molar-refractivity contribution in [2.45, 2.75) is 70.0 Å². The average Bonchev–Trinajstić information content (AvgIpc) is 3.00. The third-order valence-corrected chi connectivity index (χ3v) is 10.4. The zero-order valence-corrected chi connectivity index (χ0v) is 28.9. The van der Waals surface area contributed by atoms with Crippen molar-refractivity contribution in [2.24, 2.45) is 0 Å². The highest BCUT2D eigenvalue weighted by atomic mass is 35.5. The number of amides is 2. The molecular weight excluding hydrogens is 676 g/mol. The molecule has 3 aromatic carbocycles. The monoisotopic (exact) mass is 711 g/mol. The van der Waals surface area contributed by atoms with Crippen LogP contribution in [0.3, 0.4) is 0 Å². The second kappa shape index (κ2) is 16.4. The van der Waals surface area contributed by atoms with Crippen LogP contribution in [-0.4, -0.2) is 50.0 Å². The van der Waals surface area contributed by atoms with Gasteiger partial charge in [0.1, 0.15) is 6.04 Å². The summed E-state index contributed by atoms with van der Waals surface area (Å²) in [5, 5.41) is 4.51. The highest BCUT2D eigenvalue weighted by Crippen LogP contribution is 2.32. The number of carbonyl (C=O) groups is 2. The Bertz CT molecular complexity index is 1560. The first kappa shape index (κ1) is 35.4. The van der Waals surface area contributed by atoms with Crippen LogP contribution in [0.15, 0.2) is 66.7 Å². The minimum absolute atomic E-state index is 0.00282. The van der Waals surface area contributed by atoms with Gasteiger partial charge in [0, 0.05) is 52.6 Å². The summed E-state index contributed by atoms with van der Waals surface area (Å²) >= 11 is 25.6. The second-order valence-corrected chi connectivity index (χ2v) is 14.9. The maximum Gasteiger partial charge on any atom is 0.243 e. The van der Waals surface area contributed by atoms with Crippen molar-refractivity contribution in [3.63, 3.8) is 0 Å². The SMILES string of the molecule is CS(=O)(=O)N(CCCC(=O)N(Cc1c(Cl)cccc1Cl)[C@@H](Cc1ccccc1)C(=O)NC1CCCCC1)c1cc(Cl)ccc1Cl. The third-order valence-electron chi connectivity index (χ3n) is 7.94. The van der Waals surface area contributed by atoms with Gasteiger partial charge in [0.15, 0.2) is 0 Å². The Morgan fingerprint density at radius 2 is 1.56 bits per heavy atom. The number of rotatable bonds is 13. The van der Waals surface area contributed by atoms with Gasteiger partial charge in [0.2, 0.25) is 21.8 Å². The van der Waals surface area contributed by atoms with Gasteiger partial charge in [0.25, 0.3) is 0 Å². The quantitative estimate of drug-likeness (QED) is 0.195. The first-order chi connectivity index (χ1) is 21.4. The van der Waals surface area contributed by atoms with Gasteiger partial charge in [-0.3, -0.25) is 13.9 Å². The van der Waals surface area contributed by atoms with Crippen LogP contribution in [0.25, 0.3) is 0 Å². The van der Waals surface area contributed by atoms with Gasteiger partial charge >= 0.3 is 0 Å². The van der Waals surface area contributed by atoms with Crippen LogP contribution in [-0.2, 0) is 32.6 Å². The lowest BCUT2D eigenvalue weighted by Gasteiger charge is -2.34. The predicted octanol–water partition coefficient (Wildman–Crippen LogP) is 7.94. The number of halogens is 4. The molecule has 2 amide bonds. The van der Waals surface area contributed by atoms with E-state index < -0.39 is 16.1 Å². The fourth-order valence-corrected chi connectivity index (χ4v) is 7.53. The molecule has 0 bridgehead atoms. The van der Waals surface area contributed by atoms with Gasteiger partial charge in [-0.25, -0.2) is 8.42 Å². The molecule has 1 aliphatic carbocycles. The molecule has 4 rings (SSSR count). The minimum Gasteiger partial charge on any atom is -0.352 e. The van der Waals surface area contributed by atoms with E-state index in [1.807, 2.05) is 30.3 Å². The van der Waals surface area contributed by atoms with Crippen LogP contribution in [0.4, 0.5) is 5.69 Å². The zero-order chi connectivity index (χ0) is 32.6. The molecule has 0 saturated heterocycles. The number of hydrogen-bond acceptors (Lipinski definition) is 4. The molecule has 1 saturated carbocycles. The highest BCUT2D eigenvalue weighted by Gasteiger charge is 2.33. The van der Waals surface area contributed by atoms with Crippen molar-refractivity contribution in [3.05, 3.63) is 97.9 Å². The summed E-state index contributed by atoms with van der Waals surface area (Å²) in [7, 11) is -3.76. The van der Waals surface area contributed by atoms with E-state index in [1.165, 1.54) is 17.0 Å². The van der Waals surface area contributed by atoms with Gasteiger partial charge in [0.05, 0.1) is 17.0 Å². The lowest BCUT2D eigenvalue weighted by Crippen LogP contribution is -2.53. The molecule has 0 aromatic heterocycles. The molecular formula is C33H37Cl4N3O4S. The van der Waals surface area contributed by atoms with Crippen LogP contribution in [0.5, 0.6) is 0 Å². The molecule has 45 heavy (non-hydrogen) atoms. The molecule has 0 unspecified atom stereocenters. The van der Waals surface area contributed by atoms with Gasteiger partial charge in [-0.15, -0.1) is 0 Å². The van der Waals surface area contributed by atoms with Crippen LogP contribution in [0.1, 0.15) is 56.1 Å². The van der Waals surface area contributed by atoms with E-state index in [1.54, 1.807) is 24.3 Å². The topological polar surface area (TPSA) is 86.8 Å². The normalized spacial score (nSPS) is 14.5. The first-order valence-electron chi connectivity index (χ1n) is 14.9. The molecule has 0 aliphatic heterocycles. The van der Waals surface area contributed by atoms with E-state index in [9.17, 15) is 18.0 Å². The number of anilines is 1. The van der Waals surface area contributed by atoms with Crippen LogP contribution in [0, 0.1) is 0 Å². The summed E-state index contributed by atoms with van der Waals surface area (Å²) in [6, 6.07) is 18.4. The predicted molar refractivity (Wildman–Crippen MR) is 184 cm³/mol. The van der Waals surface area contributed by atoms with Crippen LogP contribution >= 0.6 is 46.4 Å². The fraction of sp³-hybridized carbons (Fsp3) is 0.394. The second-order valence-electron chi connectivity index (χ2n) is 11.3. The Balaban J connectivity index is 1.64. The van der Waals surface area contributed by atoms with E-state index in [-0.39, 0.29) is 60.9 Å². The van der Waals surface area contributed by atoms with Gasteiger partial charge in [-0.05, 0) is 55.2 Å². The molecule has 242 valence electrons. The van der Waals surface area contributed by atoms with Gasteiger partial charge in [-0.1, -0.05) is 102 Å². The van der Waals surface area contributed by atoms with Crippen molar-refractivity contribution < 1.29 is 18.0 Å². The van der Waals surface area contributed by atoms with E-state index in [2.05, 4.69) is 5.32 Å². The Morgan fingerprint density at radius 3 is 2.20 bits per heavy atom. The summed E-state index contributed by atoms with van der Waals surface area (Å²) in [5.74, 6) is -0.581. The maximum absolute atomic E-state index is 14.1. The number of carbonyl (C=O) groups excluding carboxylic acids is 2. The zero-order valence-electron chi connectivity index (χ0n) is 25.0. The van der Waals surface area contributed by atoms with E-state index in [4.69, 9.17) is 46.4 Å². The van der Waals surface area contributed by atoms with Gasteiger partial charge in [-0.2, -0.15) is 0 Å². The molecule has 3 aromatic rings. The van der Waals surface area contributed by atoms with Crippen molar-refractivity contribution in [1.29, 1.82) is 0 Å². The lowest BCUT2D eigenvalue weighted by molar-refractivity contribution is -0.141. The molecule has 0 spiro atoms. The Hall–Kier alpha value is -2.49. The molecule has 7 nitrogen and oxygen atoms in total. The van der Waals surface area contributed by atoms with E-state index in [0.29, 0.717) is 20.6 Å². The number of benzene rings is 3. The summed E-state index contributed by atoms with van der Waals surface area (Å²) in [6.45, 7) is -0.0220. The standard InChI is InChI=1S/C33H37Cl4N3O4S/c1-45(43,44)40(30-21-24(34)17-18-29(30)37)19-9-16-32(41)39(22-26-27(35)14-8-15-28(26)36)31(20-23-10-4-2-5-11-23)33(42)38-25-12-6-3-7-13-25/h2,4-5,8,10-11,14-15,17-18,21,25,31H,3,6-7,9,12-13,16,19-20,22H2,1H3,(H,38,42)/t31-/m0/s1. The molecule has 1 atom stereocenters.